The molecule has 1 rings (SSSR count). The molecule has 0 saturated carbocycles. The Morgan fingerprint density at radius 2 is 2.32 bits per heavy atom. The number of aliphatic carboxylic acids is 1. The van der Waals surface area contributed by atoms with Gasteiger partial charge in [-0.3, -0.25) is 10.0 Å². The highest BCUT2D eigenvalue weighted by Gasteiger charge is 2.12. The summed E-state index contributed by atoms with van der Waals surface area (Å²) in [6.07, 6.45) is 2.40. The lowest BCUT2D eigenvalue weighted by atomic mass is 10.2. The van der Waals surface area contributed by atoms with E-state index in [1.807, 2.05) is 6.07 Å². The Morgan fingerprint density at radius 1 is 1.53 bits per heavy atom. The number of hydrogen-bond acceptors (Lipinski definition) is 5. The molecule has 1 aromatic rings. The van der Waals surface area contributed by atoms with Gasteiger partial charge in [-0.1, -0.05) is 0 Å². The van der Waals surface area contributed by atoms with Crippen LogP contribution in [0, 0.1) is 11.3 Å². The normalized spacial score (nSPS) is 10.1. The van der Waals surface area contributed by atoms with Crippen molar-refractivity contribution in [1.82, 2.24) is 5.32 Å². The average Bonchev–Trinajstić information content (AvgIpc) is 2.38. The van der Waals surface area contributed by atoms with Gasteiger partial charge in [0.05, 0.1) is 11.9 Å². The molecule has 0 bridgehead atoms. The van der Waals surface area contributed by atoms with Crippen LogP contribution in [0.5, 0.6) is 0 Å². The number of nitrogens with one attached hydrogen (secondary N) is 1. The second-order valence-electron chi connectivity index (χ2n) is 3.81. The molecule has 0 fully saturated rings. The number of aromatic nitrogens is 1. The van der Waals surface area contributed by atoms with E-state index in [2.05, 4.69) is 5.32 Å². The molecule has 0 spiro atoms. The van der Waals surface area contributed by atoms with Crippen LogP contribution in [0.4, 0.5) is 0 Å². The van der Waals surface area contributed by atoms with Crippen LogP contribution in [0.1, 0.15) is 18.4 Å². The van der Waals surface area contributed by atoms with Gasteiger partial charge in [-0.05, 0) is 24.2 Å². The van der Waals surface area contributed by atoms with Gasteiger partial charge in [-0.15, -0.1) is 0 Å². The lowest BCUT2D eigenvalue weighted by molar-refractivity contribution is -0.932. The van der Waals surface area contributed by atoms with Crippen molar-refractivity contribution >= 4 is 17.7 Å². The van der Waals surface area contributed by atoms with Crippen LogP contribution in [0.2, 0.25) is 0 Å². The van der Waals surface area contributed by atoms with E-state index in [0.29, 0.717) is 30.3 Å². The van der Waals surface area contributed by atoms with Gasteiger partial charge in [0, 0.05) is 35.7 Å². The van der Waals surface area contributed by atoms with E-state index in [9.17, 15) is 10.0 Å². The number of hydrogen-bond donors (Lipinski definition) is 3. The van der Waals surface area contributed by atoms with Gasteiger partial charge in [0.25, 0.3) is 5.03 Å². The molecule has 102 valence electrons. The Labute approximate surface area is 115 Å². The zero-order chi connectivity index (χ0) is 14.1. The maximum atomic E-state index is 10.4. The van der Waals surface area contributed by atoms with Gasteiger partial charge < -0.3 is 10.4 Å². The minimum absolute atomic E-state index is 0.0439. The molecular formula is C12H16N3O3S+. The van der Waals surface area contributed by atoms with Crippen molar-refractivity contribution in [2.24, 2.45) is 0 Å². The lowest BCUT2D eigenvalue weighted by Gasteiger charge is -2.01. The van der Waals surface area contributed by atoms with Gasteiger partial charge in [-0.2, -0.15) is 5.26 Å². The molecule has 0 saturated heterocycles. The zero-order valence-electron chi connectivity index (χ0n) is 10.4. The number of nitriles is 1. The Kier molecular flexibility index (Phi) is 6.71. The quantitative estimate of drug-likeness (QED) is 0.214. The summed E-state index contributed by atoms with van der Waals surface area (Å²) < 4.78 is 0.994. The molecule has 19 heavy (non-hydrogen) atoms. The highest BCUT2D eigenvalue weighted by molar-refractivity contribution is 7.99. The third-order valence-corrected chi connectivity index (χ3v) is 3.28. The van der Waals surface area contributed by atoms with Crippen LogP contribution in [-0.2, 0) is 11.2 Å². The fraction of sp³-hybridized carbons (Fsp3) is 0.417. The van der Waals surface area contributed by atoms with E-state index in [-0.39, 0.29) is 6.42 Å². The van der Waals surface area contributed by atoms with Gasteiger partial charge >= 0.3 is 5.97 Å². The number of carboxylic acids is 1. The third kappa shape index (κ3) is 6.08. The summed E-state index contributed by atoms with van der Waals surface area (Å²) >= 11 is 1.41. The predicted octanol–water partition coefficient (Wildman–Crippen LogP) is 0.781. The van der Waals surface area contributed by atoms with Gasteiger partial charge in [0.1, 0.15) is 0 Å². The van der Waals surface area contributed by atoms with Crippen molar-refractivity contribution < 1.29 is 19.8 Å². The summed E-state index contributed by atoms with van der Waals surface area (Å²) in [6.45, 7) is 0.617. The van der Waals surface area contributed by atoms with Crippen molar-refractivity contribution in [3.8, 4) is 6.07 Å². The number of carbonyl (C=O) groups is 1. The van der Waals surface area contributed by atoms with Crippen LogP contribution in [-0.4, -0.2) is 28.7 Å². The first kappa shape index (κ1) is 15.3. The maximum Gasteiger partial charge on any atom is 0.303 e. The molecule has 0 radical (unpaired) electrons. The van der Waals surface area contributed by atoms with Crippen molar-refractivity contribution in [3.63, 3.8) is 0 Å². The summed E-state index contributed by atoms with van der Waals surface area (Å²) in [5.41, 5.74) is 0.770. The van der Waals surface area contributed by atoms with Crippen LogP contribution in [0.25, 0.3) is 0 Å². The standard InChI is InChI=1S/C12H15N3O3S/c13-6-1-7-14-9-19-11-4-2-10(8-15(11)18)3-5-12(16)17/h2,4,8,14H,1,3,5,7,9H2,(H-,16,17,18)/p+1. The number of thioether (sulfide) groups is 1. The Hall–Kier alpha value is -1.78. The molecule has 6 nitrogen and oxygen atoms in total. The number of pyridine rings is 1. The lowest BCUT2D eigenvalue weighted by Crippen LogP contribution is -2.33. The molecule has 1 aromatic heterocycles. The fourth-order valence-corrected chi connectivity index (χ4v) is 2.12. The summed E-state index contributed by atoms with van der Waals surface area (Å²) in [4.78, 5) is 10.4. The van der Waals surface area contributed by atoms with Crippen molar-refractivity contribution in [2.75, 3.05) is 12.4 Å². The van der Waals surface area contributed by atoms with Gasteiger partial charge in [-0.25, -0.2) is 0 Å². The minimum atomic E-state index is -0.857. The van der Waals surface area contributed by atoms with Crippen LogP contribution in [0.3, 0.4) is 0 Å². The molecule has 0 aliphatic rings. The summed E-state index contributed by atoms with van der Waals surface area (Å²) in [5, 5.41) is 30.4. The molecule has 3 N–H and O–H groups in total. The van der Waals surface area contributed by atoms with Crippen molar-refractivity contribution in [1.29, 1.82) is 5.26 Å². The topological polar surface area (TPSA) is 97.2 Å². The van der Waals surface area contributed by atoms with Crippen LogP contribution >= 0.6 is 11.8 Å². The van der Waals surface area contributed by atoms with E-state index in [0.717, 1.165) is 10.3 Å². The van der Waals surface area contributed by atoms with E-state index < -0.39 is 5.97 Å². The molecule has 7 heteroatoms. The minimum Gasteiger partial charge on any atom is -0.481 e. The average molecular weight is 282 g/mol. The van der Waals surface area contributed by atoms with Gasteiger partial charge in [0.15, 0.2) is 0 Å². The number of carboxylic acid groups (broad SMARTS) is 1. The number of nitrogens with zero attached hydrogens (tertiary/aromatic N) is 2. The highest BCUT2D eigenvalue weighted by atomic mass is 32.2. The molecular weight excluding hydrogens is 266 g/mol. The first-order valence-corrected chi connectivity index (χ1v) is 6.78. The summed E-state index contributed by atoms with van der Waals surface area (Å²) in [6, 6.07) is 5.58. The van der Waals surface area contributed by atoms with Crippen molar-refractivity contribution in [3.05, 3.63) is 23.9 Å². The first-order valence-electron chi connectivity index (χ1n) is 5.79. The molecule has 0 aromatic carbocycles. The third-order valence-electron chi connectivity index (χ3n) is 2.32. The predicted molar refractivity (Wildman–Crippen MR) is 68.7 cm³/mol. The SMILES string of the molecule is N#CCCNCSc1ccc(CCC(=O)O)c[n+]1O. The summed E-state index contributed by atoms with van der Waals surface area (Å²) in [5.74, 6) is -0.263. The van der Waals surface area contributed by atoms with Crippen molar-refractivity contribution in [2.45, 2.75) is 24.3 Å². The Morgan fingerprint density at radius 3 is 2.95 bits per heavy atom. The second-order valence-corrected chi connectivity index (χ2v) is 4.81. The highest BCUT2D eigenvalue weighted by Crippen LogP contribution is 2.12. The fourth-order valence-electron chi connectivity index (χ4n) is 1.37. The van der Waals surface area contributed by atoms with Crippen LogP contribution in [0.15, 0.2) is 23.4 Å². The van der Waals surface area contributed by atoms with E-state index in [1.54, 1.807) is 12.1 Å². The monoisotopic (exact) mass is 282 g/mol. The summed E-state index contributed by atoms with van der Waals surface area (Å²) in [7, 11) is 0. The van der Waals surface area contributed by atoms with E-state index >= 15 is 0 Å². The molecule has 0 amide bonds. The number of rotatable bonds is 8. The van der Waals surface area contributed by atoms with Gasteiger partial charge in [0.2, 0.25) is 6.20 Å². The molecule has 1 heterocycles. The largest absolute Gasteiger partial charge is 0.481 e. The molecule has 0 atom stereocenters. The Balaban J connectivity index is 2.43. The second kappa shape index (κ2) is 8.34. The molecule has 0 unspecified atom stereocenters. The molecule has 0 aliphatic carbocycles. The zero-order valence-corrected chi connectivity index (χ0v) is 11.2. The first-order chi connectivity index (χ1) is 9.13. The van der Waals surface area contributed by atoms with E-state index in [4.69, 9.17) is 10.4 Å². The van der Waals surface area contributed by atoms with Crippen LogP contribution < -0.4 is 10.0 Å². The van der Waals surface area contributed by atoms with E-state index in [1.165, 1.54) is 18.0 Å². The Bertz CT molecular complexity index is 474. The maximum absolute atomic E-state index is 10.4. The smallest absolute Gasteiger partial charge is 0.303 e. The number of aryl methyl sites for hydroxylation is 1. The molecule has 0 aliphatic heterocycles.